The highest BCUT2D eigenvalue weighted by atomic mass is 35.5. The van der Waals surface area contributed by atoms with Gasteiger partial charge in [0, 0.05) is 17.4 Å². The molecule has 0 bridgehead atoms. The highest BCUT2D eigenvalue weighted by Gasteiger charge is 2.19. The van der Waals surface area contributed by atoms with Crippen LogP contribution in [-0.2, 0) is 6.54 Å². The van der Waals surface area contributed by atoms with Crippen LogP contribution in [-0.4, -0.2) is 31.3 Å². The van der Waals surface area contributed by atoms with Crippen molar-refractivity contribution in [2.45, 2.75) is 6.54 Å². The van der Waals surface area contributed by atoms with E-state index in [0.717, 1.165) is 0 Å². The smallest absolute Gasteiger partial charge is 0.222 e. The number of fused-ring (bicyclic) bond motifs is 1. The third kappa shape index (κ3) is 3.31. The molecule has 0 spiro atoms. The Balaban J connectivity index is 1.76. The summed E-state index contributed by atoms with van der Waals surface area (Å²) in [5, 5.41) is 5.01. The number of anilines is 1. The van der Waals surface area contributed by atoms with Crippen molar-refractivity contribution in [3.8, 4) is 17.0 Å². The summed E-state index contributed by atoms with van der Waals surface area (Å²) >= 11 is 14.0. The average molecular weight is 407 g/mol. The quantitative estimate of drug-likeness (QED) is 0.539. The molecule has 7 nitrogen and oxygen atoms in total. The number of aromatic nitrogens is 5. The summed E-state index contributed by atoms with van der Waals surface area (Å²) in [5.74, 6) is 0.646. The Morgan fingerprint density at radius 2 is 2.12 bits per heavy atom. The number of nitrogens with zero attached hydrogens (tertiary/aromatic N) is 5. The van der Waals surface area contributed by atoms with Gasteiger partial charge in [-0.3, -0.25) is 4.68 Å². The molecular formula is C16H12Cl2N6OS. The number of ether oxygens (including phenoxy) is 1. The Bertz CT molecular complexity index is 1070. The molecule has 4 aromatic rings. The monoisotopic (exact) mass is 406 g/mol. The molecule has 0 aliphatic carbocycles. The van der Waals surface area contributed by atoms with E-state index < -0.39 is 0 Å². The van der Waals surface area contributed by atoms with E-state index in [-0.39, 0.29) is 5.95 Å². The average Bonchev–Trinajstić information content (AvgIpc) is 3.25. The fraction of sp³-hybridized carbons (Fsp3) is 0.125. The van der Waals surface area contributed by atoms with Crippen LogP contribution in [0.1, 0.15) is 0 Å². The fourth-order valence-electron chi connectivity index (χ4n) is 2.53. The summed E-state index contributed by atoms with van der Waals surface area (Å²) in [4.78, 5) is 13.6. The Hall–Kier alpha value is -2.42. The maximum Gasteiger partial charge on any atom is 0.222 e. The normalized spacial score (nSPS) is 11.2. The zero-order valence-corrected chi connectivity index (χ0v) is 15.6. The fourth-order valence-corrected chi connectivity index (χ4v) is 3.76. The van der Waals surface area contributed by atoms with Crippen LogP contribution < -0.4 is 10.5 Å². The van der Waals surface area contributed by atoms with Gasteiger partial charge in [0.05, 0.1) is 22.6 Å². The third-order valence-corrected chi connectivity index (χ3v) is 4.84. The molecule has 3 heterocycles. The number of nitrogens with two attached hydrogens (primary N) is 1. The van der Waals surface area contributed by atoms with Crippen LogP contribution in [0.5, 0.6) is 5.75 Å². The molecule has 0 amide bonds. The van der Waals surface area contributed by atoms with E-state index in [1.54, 1.807) is 28.5 Å². The maximum absolute atomic E-state index is 6.46. The zero-order chi connectivity index (χ0) is 18.1. The van der Waals surface area contributed by atoms with Crippen LogP contribution in [0.3, 0.4) is 0 Å². The van der Waals surface area contributed by atoms with Gasteiger partial charge in [0.15, 0.2) is 0 Å². The van der Waals surface area contributed by atoms with Crippen LogP contribution in [0.4, 0.5) is 5.95 Å². The van der Waals surface area contributed by atoms with Crippen molar-refractivity contribution >= 4 is 50.8 Å². The molecule has 0 aliphatic heterocycles. The Morgan fingerprint density at radius 3 is 2.92 bits per heavy atom. The zero-order valence-electron chi connectivity index (χ0n) is 13.3. The van der Waals surface area contributed by atoms with E-state index >= 15 is 0 Å². The van der Waals surface area contributed by atoms with Gasteiger partial charge >= 0.3 is 0 Å². The van der Waals surface area contributed by atoms with Crippen LogP contribution in [0.2, 0.25) is 10.0 Å². The number of rotatable bonds is 5. The van der Waals surface area contributed by atoms with Crippen molar-refractivity contribution in [3.63, 3.8) is 0 Å². The second kappa shape index (κ2) is 7.06. The lowest BCUT2D eigenvalue weighted by molar-refractivity contribution is 0.292. The summed E-state index contributed by atoms with van der Waals surface area (Å²) in [6, 6.07) is 5.18. The highest BCUT2D eigenvalue weighted by Crippen LogP contribution is 2.41. The molecule has 0 saturated heterocycles. The molecule has 132 valence electrons. The van der Waals surface area contributed by atoms with Gasteiger partial charge < -0.3 is 10.5 Å². The highest BCUT2D eigenvalue weighted by molar-refractivity contribution is 7.16. The minimum atomic E-state index is 0.144. The number of benzene rings is 1. The van der Waals surface area contributed by atoms with Crippen LogP contribution in [0, 0.1) is 0 Å². The molecule has 0 saturated carbocycles. The molecule has 0 unspecified atom stereocenters. The van der Waals surface area contributed by atoms with E-state index in [0.29, 0.717) is 50.6 Å². The van der Waals surface area contributed by atoms with Gasteiger partial charge in [-0.05, 0) is 18.2 Å². The lowest BCUT2D eigenvalue weighted by Crippen LogP contribution is -2.09. The lowest BCUT2D eigenvalue weighted by Gasteiger charge is -2.14. The molecule has 0 atom stereocenters. The maximum atomic E-state index is 6.46. The lowest BCUT2D eigenvalue weighted by atomic mass is 10.1. The molecule has 0 fully saturated rings. The first-order valence-electron chi connectivity index (χ1n) is 7.58. The molecule has 26 heavy (non-hydrogen) atoms. The number of hydrogen-bond acceptors (Lipinski definition) is 7. The predicted molar refractivity (Wildman–Crippen MR) is 103 cm³/mol. The molecule has 2 N–H and O–H groups in total. The van der Waals surface area contributed by atoms with Gasteiger partial charge in [-0.15, -0.1) is 11.3 Å². The van der Waals surface area contributed by atoms with Gasteiger partial charge in [0.1, 0.15) is 28.4 Å². The van der Waals surface area contributed by atoms with E-state index in [1.807, 2.05) is 12.3 Å². The van der Waals surface area contributed by atoms with Crippen molar-refractivity contribution in [3.05, 3.63) is 46.1 Å². The summed E-state index contributed by atoms with van der Waals surface area (Å²) in [6.07, 6.45) is 3.57. The minimum absolute atomic E-state index is 0.144. The largest absolute Gasteiger partial charge is 0.491 e. The first-order chi connectivity index (χ1) is 12.6. The van der Waals surface area contributed by atoms with Gasteiger partial charge in [-0.2, -0.15) is 5.10 Å². The van der Waals surface area contributed by atoms with Gasteiger partial charge in [-0.1, -0.05) is 23.2 Å². The summed E-state index contributed by atoms with van der Waals surface area (Å²) in [6.45, 7) is 0.959. The van der Waals surface area contributed by atoms with E-state index in [4.69, 9.17) is 33.7 Å². The van der Waals surface area contributed by atoms with E-state index in [1.165, 1.54) is 11.3 Å². The van der Waals surface area contributed by atoms with Gasteiger partial charge in [0.2, 0.25) is 5.95 Å². The molecule has 0 radical (unpaired) electrons. The van der Waals surface area contributed by atoms with Crippen LogP contribution in [0.25, 0.3) is 21.6 Å². The Morgan fingerprint density at radius 1 is 1.23 bits per heavy atom. The molecular weight excluding hydrogens is 395 g/mol. The van der Waals surface area contributed by atoms with Crippen molar-refractivity contribution in [1.82, 2.24) is 24.7 Å². The van der Waals surface area contributed by atoms with Crippen LogP contribution in [0.15, 0.2) is 36.1 Å². The van der Waals surface area contributed by atoms with Crippen molar-refractivity contribution in [1.29, 1.82) is 0 Å². The first kappa shape index (κ1) is 17.0. The molecule has 0 aliphatic rings. The molecule has 4 rings (SSSR count). The minimum Gasteiger partial charge on any atom is -0.491 e. The second-order valence-corrected chi connectivity index (χ2v) is 6.99. The van der Waals surface area contributed by atoms with Gasteiger partial charge in [0.25, 0.3) is 0 Å². The number of nitrogen functional groups attached to an aromatic ring is 1. The topological polar surface area (TPSA) is 91.7 Å². The summed E-state index contributed by atoms with van der Waals surface area (Å²) in [5.41, 5.74) is 9.25. The summed E-state index contributed by atoms with van der Waals surface area (Å²) < 4.78 is 7.71. The van der Waals surface area contributed by atoms with E-state index in [2.05, 4.69) is 20.1 Å². The van der Waals surface area contributed by atoms with Crippen molar-refractivity contribution < 1.29 is 4.74 Å². The summed E-state index contributed by atoms with van der Waals surface area (Å²) in [7, 11) is 0. The van der Waals surface area contributed by atoms with Crippen molar-refractivity contribution in [2.75, 3.05) is 12.3 Å². The number of thiazole rings is 1. The third-order valence-electron chi connectivity index (χ3n) is 3.61. The standard InChI is InChI=1S/C16H12Cl2N6OS/c17-9-6-10(18)12(11(7-9)25-5-4-24-3-1-2-21-24)13-14-15(26-8-20-14)23-16(19)22-13/h1-3,6-8H,4-5H2,(H2,19,22,23). The number of hydrogen-bond donors (Lipinski definition) is 1. The second-order valence-electron chi connectivity index (χ2n) is 5.31. The van der Waals surface area contributed by atoms with Gasteiger partial charge in [-0.25, -0.2) is 15.0 Å². The molecule has 10 heteroatoms. The predicted octanol–water partition coefficient (Wildman–Crippen LogP) is 3.92. The Kier molecular flexibility index (Phi) is 4.62. The van der Waals surface area contributed by atoms with E-state index in [9.17, 15) is 0 Å². The van der Waals surface area contributed by atoms with Crippen molar-refractivity contribution in [2.24, 2.45) is 0 Å². The Labute approximate surface area is 162 Å². The first-order valence-corrected chi connectivity index (χ1v) is 9.22. The number of halogens is 2. The molecule has 1 aromatic carbocycles. The SMILES string of the molecule is Nc1nc(-c2c(Cl)cc(Cl)cc2OCCn2cccn2)c2ncsc2n1. The van der Waals surface area contributed by atoms with Crippen LogP contribution >= 0.6 is 34.5 Å². The molecule has 3 aromatic heterocycles.